The average molecular weight is 255 g/mol. The smallest absolute Gasteiger partial charge is 0.209 e. The molecule has 0 bridgehead atoms. The molecular weight excluding hydrogens is 238 g/mol. The van der Waals surface area contributed by atoms with Gasteiger partial charge in [0, 0.05) is 6.04 Å². The monoisotopic (exact) mass is 255 g/mol. The fourth-order valence-corrected chi connectivity index (χ4v) is 3.06. The van der Waals surface area contributed by atoms with Crippen LogP contribution in [-0.4, -0.2) is 21.8 Å². The van der Waals surface area contributed by atoms with Crippen LogP contribution >= 0.6 is 0 Å². The Morgan fingerprint density at radius 2 is 2.18 bits per heavy atom. The lowest BCUT2D eigenvalue weighted by Gasteiger charge is -2.26. The molecule has 1 N–H and O–H groups in total. The number of sulfonamides is 1. The zero-order valence-corrected chi connectivity index (χ0v) is 10.9. The van der Waals surface area contributed by atoms with Crippen molar-refractivity contribution in [3.8, 4) is 5.75 Å². The van der Waals surface area contributed by atoms with Gasteiger partial charge in [-0.2, -0.15) is 0 Å². The first-order valence-corrected chi connectivity index (χ1v) is 7.53. The highest BCUT2D eigenvalue weighted by Crippen LogP contribution is 2.32. The highest BCUT2D eigenvalue weighted by molar-refractivity contribution is 7.88. The molecule has 1 unspecified atom stereocenters. The second-order valence-electron chi connectivity index (χ2n) is 4.40. The van der Waals surface area contributed by atoms with Crippen molar-refractivity contribution in [3.63, 3.8) is 0 Å². The molecule has 2 rings (SSSR count). The normalized spacial score (nSPS) is 19.8. The van der Waals surface area contributed by atoms with Crippen LogP contribution in [0.3, 0.4) is 0 Å². The zero-order valence-electron chi connectivity index (χ0n) is 10.1. The quantitative estimate of drug-likeness (QED) is 0.893. The summed E-state index contributed by atoms with van der Waals surface area (Å²) < 4.78 is 30.5. The first-order chi connectivity index (χ1) is 7.99. The number of hydrogen-bond acceptors (Lipinski definition) is 3. The van der Waals surface area contributed by atoms with Gasteiger partial charge in [-0.15, -0.1) is 0 Å². The van der Waals surface area contributed by atoms with Gasteiger partial charge >= 0.3 is 0 Å². The second-order valence-corrected chi connectivity index (χ2v) is 6.18. The van der Waals surface area contributed by atoms with Crippen LogP contribution < -0.4 is 9.46 Å². The highest BCUT2D eigenvalue weighted by atomic mass is 32.2. The van der Waals surface area contributed by atoms with Gasteiger partial charge in [0.25, 0.3) is 0 Å². The molecule has 1 aromatic carbocycles. The Bertz CT molecular complexity index is 510. The van der Waals surface area contributed by atoms with Crippen molar-refractivity contribution >= 4 is 10.0 Å². The molecule has 1 aromatic rings. The van der Waals surface area contributed by atoms with Crippen molar-refractivity contribution in [1.29, 1.82) is 0 Å². The van der Waals surface area contributed by atoms with Crippen LogP contribution in [-0.2, 0) is 16.4 Å². The number of hydrogen-bond donors (Lipinski definition) is 1. The largest absolute Gasteiger partial charge is 0.497 e. The summed E-state index contributed by atoms with van der Waals surface area (Å²) in [4.78, 5) is 0. The molecule has 0 amide bonds. The third-order valence-corrected chi connectivity index (χ3v) is 3.73. The van der Waals surface area contributed by atoms with Crippen molar-refractivity contribution in [2.24, 2.45) is 0 Å². The fourth-order valence-electron chi connectivity index (χ4n) is 2.30. The molecule has 4 nitrogen and oxygen atoms in total. The summed E-state index contributed by atoms with van der Waals surface area (Å²) in [6.45, 7) is 0. The van der Waals surface area contributed by atoms with E-state index in [1.807, 2.05) is 18.2 Å². The molecule has 17 heavy (non-hydrogen) atoms. The molecule has 0 radical (unpaired) electrons. The third-order valence-electron chi connectivity index (χ3n) is 3.02. The summed E-state index contributed by atoms with van der Waals surface area (Å²) in [7, 11) is -1.53. The van der Waals surface area contributed by atoms with Crippen molar-refractivity contribution < 1.29 is 13.2 Å². The van der Waals surface area contributed by atoms with Crippen LogP contribution in [0.15, 0.2) is 18.2 Å². The average Bonchev–Trinajstić information content (AvgIpc) is 2.26. The molecular formula is C12H17NO3S. The van der Waals surface area contributed by atoms with Gasteiger partial charge in [-0.3, -0.25) is 0 Å². The molecule has 0 aliphatic heterocycles. The molecule has 0 aromatic heterocycles. The molecule has 5 heteroatoms. The minimum Gasteiger partial charge on any atom is -0.497 e. The lowest BCUT2D eigenvalue weighted by molar-refractivity contribution is 0.412. The molecule has 1 atom stereocenters. The second kappa shape index (κ2) is 4.66. The topological polar surface area (TPSA) is 55.4 Å². The van der Waals surface area contributed by atoms with Crippen LogP contribution in [0.1, 0.15) is 30.0 Å². The lowest BCUT2D eigenvalue weighted by atomic mass is 9.88. The Hall–Kier alpha value is -1.07. The number of rotatable bonds is 3. The molecule has 0 saturated carbocycles. The molecule has 0 heterocycles. The molecule has 1 aliphatic carbocycles. The van der Waals surface area contributed by atoms with E-state index in [1.54, 1.807) is 7.11 Å². The maximum Gasteiger partial charge on any atom is 0.209 e. The fraction of sp³-hybridized carbons (Fsp3) is 0.500. The number of benzene rings is 1. The van der Waals surface area contributed by atoms with Gasteiger partial charge in [-0.05, 0) is 42.5 Å². The Morgan fingerprint density at radius 3 is 2.82 bits per heavy atom. The zero-order chi connectivity index (χ0) is 12.5. The van der Waals surface area contributed by atoms with Gasteiger partial charge in [0.15, 0.2) is 0 Å². The van der Waals surface area contributed by atoms with E-state index < -0.39 is 10.0 Å². The van der Waals surface area contributed by atoms with Crippen LogP contribution in [0.2, 0.25) is 0 Å². The molecule has 1 aliphatic rings. The van der Waals surface area contributed by atoms with Gasteiger partial charge in [0.1, 0.15) is 5.75 Å². The van der Waals surface area contributed by atoms with Gasteiger partial charge in [-0.1, -0.05) is 6.07 Å². The predicted molar refractivity (Wildman–Crippen MR) is 66.7 cm³/mol. The van der Waals surface area contributed by atoms with Gasteiger partial charge in [0.2, 0.25) is 10.0 Å². The minimum atomic E-state index is -3.16. The van der Waals surface area contributed by atoms with E-state index in [2.05, 4.69) is 4.72 Å². The van der Waals surface area contributed by atoms with E-state index >= 15 is 0 Å². The summed E-state index contributed by atoms with van der Waals surface area (Å²) in [5.74, 6) is 0.823. The summed E-state index contributed by atoms with van der Waals surface area (Å²) >= 11 is 0. The Morgan fingerprint density at radius 1 is 1.41 bits per heavy atom. The number of fused-ring (bicyclic) bond motifs is 1. The molecule has 94 valence electrons. The summed E-state index contributed by atoms with van der Waals surface area (Å²) in [5, 5.41) is 0. The minimum absolute atomic E-state index is 0.0975. The Balaban J connectivity index is 2.32. The van der Waals surface area contributed by atoms with Crippen molar-refractivity contribution in [2.75, 3.05) is 13.4 Å². The van der Waals surface area contributed by atoms with E-state index in [-0.39, 0.29) is 6.04 Å². The van der Waals surface area contributed by atoms with Crippen LogP contribution in [0, 0.1) is 0 Å². The SMILES string of the molecule is COc1ccc2c(c1)CCCC2NS(C)(=O)=O. The summed E-state index contributed by atoms with van der Waals surface area (Å²) in [5.41, 5.74) is 2.25. The first kappa shape index (κ1) is 12.4. The predicted octanol–water partition coefficient (Wildman–Crippen LogP) is 1.62. The van der Waals surface area contributed by atoms with E-state index in [1.165, 1.54) is 11.8 Å². The van der Waals surface area contributed by atoms with E-state index in [4.69, 9.17) is 4.74 Å². The molecule has 0 fully saturated rings. The number of methoxy groups -OCH3 is 1. The maximum absolute atomic E-state index is 11.3. The van der Waals surface area contributed by atoms with Gasteiger partial charge in [0.05, 0.1) is 13.4 Å². The lowest BCUT2D eigenvalue weighted by Crippen LogP contribution is -2.30. The number of nitrogens with one attached hydrogen (secondary N) is 1. The third kappa shape index (κ3) is 2.98. The number of ether oxygens (including phenoxy) is 1. The van der Waals surface area contributed by atoms with E-state index in [9.17, 15) is 8.42 Å². The maximum atomic E-state index is 11.3. The van der Waals surface area contributed by atoms with E-state index in [0.717, 1.165) is 30.6 Å². The first-order valence-electron chi connectivity index (χ1n) is 5.64. The van der Waals surface area contributed by atoms with Crippen LogP contribution in [0.25, 0.3) is 0 Å². The Kier molecular flexibility index (Phi) is 3.40. The summed E-state index contributed by atoms with van der Waals surface area (Å²) in [6.07, 6.45) is 4.03. The molecule has 0 saturated heterocycles. The van der Waals surface area contributed by atoms with Crippen molar-refractivity contribution in [1.82, 2.24) is 4.72 Å². The summed E-state index contributed by atoms with van der Waals surface area (Å²) in [6, 6.07) is 5.72. The van der Waals surface area contributed by atoms with Crippen molar-refractivity contribution in [3.05, 3.63) is 29.3 Å². The van der Waals surface area contributed by atoms with Gasteiger partial charge < -0.3 is 4.74 Å². The van der Waals surface area contributed by atoms with Crippen LogP contribution in [0.4, 0.5) is 0 Å². The van der Waals surface area contributed by atoms with Gasteiger partial charge in [-0.25, -0.2) is 13.1 Å². The highest BCUT2D eigenvalue weighted by Gasteiger charge is 2.22. The number of aryl methyl sites for hydroxylation is 1. The molecule has 0 spiro atoms. The van der Waals surface area contributed by atoms with E-state index in [0.29, 0.717) is 0 Å². The van der Waals surface area contributed by atoms with Crippen molar-refractivity contribution in [2.45, 2.75) is 25.3 Å². The Labute approximate surface area is 102 Å². The van der Waals surface area contributed by atoms with Crippen LogP contribution in [0.5, 0.6) is 5.75 Å². The standard InChI is InChI=1S/C12H17NO3S/c1-16-10-6-7-11-9(8-10)4-3-5-12(11)13-17(2,14)15/h6-8,12-13H,3-5H2,1-2H3.